The molecule has 0 aliphatic carbocycles. The number of carbonyl (C=O) groups excluding carboxylic acids is 1. The zero-order chi connectivity index (χ0) is 15.4. The lowest BCUT2D eigenvalue weighted by atomic mass is 10.0. The van der Waals surface area contributed by atoms with Crippen LogP contribution in [-0.4, -0.2) is 20.9 Å². The summed E-state index contributed by atoms with van der Waals surface area (Å²) in [5.41, 5.74) is 2.14. The van der Waals surface area contributed by atoms with Crippen LogP contribution in [0.25, 0.3) is 17.2 Å². The number of hydrogen-bond acceptors (Lipinski definition) is 3. The van der Waals surface area contributed by atoms with Crippen molar-refractivity contribution >= 4 is 11.9 Å². The highest BCUT2D eigenvalue weighted by atomic mass is 16.3. The first-order chi connectivity index (χ1) is 10.7. The van der Waals surface area contributed by atoms with Crippen molar-refractivity contribution in [3.63, 3.8) is 0 Å². The molecular formula is C18H14N2O2. The summed E-state index contributed by atoms with van der Waals surface area (Å²) in [6, 6.07) is 14.7. The van der Waals surface area contributed by atoms with Gasteiger partial charge in [-0.1, -0.05) is 36.4 Å². The number of aromatic nitrogens is 2. The highest BCUT2D eigenvalue weighted by molar-refractivity contribution is 6.09. The number of hydrogen-bond donors (Lipinski definition) is 2. The van der Waals surface area contributed by atoms with E-state index in [0.29, 0.717) is 5.82 Å². The van der Waals surface area contributed by atoms with Gasteiger partial charge in [-0.3, -0.25) is 4.79 Å². The van der Waals surface area contributed by atoms with Crippen molar-refractivity contribution in [2.45, 2.75) is 0 Å². The molecule has 2 aromatic carbocycles. The number of imidazole rings is 1. The van der Waals surface area contributed by atoms with Crippen molar-refractivity contribution in [3.05, 3.63) is 78.4 Å². The molecular weight excluding hydrogens is 276 g/mol. The maximum atomic E-state index is 12.3. The summed E-state index contributed by atoms with van der Waals surface area (Å²) in [4.78, 5) is 19.2. The lowest BCUT2D eigenvalue weighted by Crippen LogP contribution is -1.96. The van der Waals surface area contributed by atoms with Gasteiger partial charge in [0, 0.05) is 12.4 Å². The van der Waals surface area contributed by atoms with E-state index in [9.17, 15) is 9.90 Å². The molecule has 0 spiro atoms. The number of carbonyl (C=O) groups is 1. The van der Waals surface area contributed by atoms with Crippen molar-refractivity contribution in [3.8, 4) is 16.9 Å². The average Bonchev–Trinajstić information content (AvgIpc) is 3.07. The zero-order valence-electron chi connectivity index (χ0n) is 11.7. The molecule has 0 amide bonds. The molecule has 4 nitrogen and oxygen atoms in total. The SMILES string of the molecule is O=C(C=Cc1ncc[nH]1)c1cc(-c2ccccc2)ccc1O. The quantitative estimate of drug-likeness (QED) is 0.569. The van der Waals surface area contributed by atoms with E-state index in [-0.39, 0.29) is 17.1 Å². The molecule has 0 saturated heterocycles. The molecule has 108 valence electrons. The van der Waals surface area contributed by atoms with Gasteiger partial charge in [0.1, 0.15) is 11.6 Å². The van der Waals surface area contributed by atoms with Gasteiger partial charge in [-0.25, -0.2) is 4.98 Å². The van der Waals surface area contributed by atoms with E-state index < -0.39 is 0 Å². The number of ketones is 1. The summed E-state index contributed by atoms with van der Waals surface area (Å²) in [5, 5.41) is 9.93. The number of allylic oxidation sites excluding steroid dienone is 1. The van der Waals surface area contributed by atoms with E-state index in [1.807, 2.05) is 30.3 Å². The highest BCUT2D eigenvalue weighted by Gasteiger charge is 2.10. The molecule has 0 bridgehead atoms. The molecule has 0 fully saturated rings. The Morgan fingerprint density at radius 3 is 2.64 bits per heavy atom. The van der Waals surface area contributed by atoms with Gasteiger partial charge in [0.05, 0.1) is 5.56 Å². The average molecular weight is 290 g/mol. The Morgan fingerprint density at radius 1 is 1.09 bits per heavy atom. The van der Waals surface area contributed by atoms with Gasteiger partial charge in [-0.15, -0.1) is 0 Å². The second kappa shape index (κ2) is 6.10. The lowest BCUT2D eigenvalue weighted by molar-refractivity contribution is 0.104. The second-order valence-corrected chi connectivity index (χ2v) is 4.77. The number of H-pyrrole nitrogens is 1. The molecule has 2 N–H and O–H groups in total. The zero-order valence-corrected chi connectivity index (χ0v) is 11.7. The normalized spacial score (nSPS) is 10.9. The molecule has 0 radical (unpaired) electrons. The first-order valence-electron chi connectivity index (χ1n) is 6.84. The Hall–Kier alpha value is -3.14. The van der Waals surface area contributed by atoms with Crippen LogP contribution < -0.4 is 0 Å². The minimum Gasteiger partial charge on any atom is -0.507 e. The number of aromatic hydroxyl groups is 1. The van der Waals surface area contributed by atoms with Gasteiger partial charge in [0.2, 0.25) is 0 Å². The van der Waals surface area contributed by atoms with E-state index in [1.54, 1.807) is 30.6 Å². The molecule has 0 saturated carbocycles. The molecule has 0 aliphatic heterocycles. The molecule has 1 heterocycles. The predicted molar refractivity (Wildman–Crippen MR) is 85.5 cm³/mol. The number of nitrogens with zero attached hydrogens (tertiary/aromatic N) is 1. The molecule has 0 atom stereocenters. The number of phenolic OH excluding ortho intramolecular Hbond substituents is 1. The Morgan fingerprint density at radius 2 is 1.91 bits per heavy atom. The van der Waals surface area contributed by atoms with Gasteiger partial charge < -0.3 is 10.1 Å². The maximum Gasteiger partial charge on any atom is 0.189 e. The second-order valence-electron chi connectivity index (χ2n) is 4.77. The molecule has 3 aromatic rings. The molecule has 22 heavy (non-hydrogen) atoms. The van der Waals surface area contributed by atoms with Crippen LogP contribution in [0, 0.1) is 0 Å². The van der Waals surface area contributed by atoms with Crippen molar-refractivity contribution in [2.24, 2.45) is 0 Å². The van der Waals surface area contributed by atoms with Crippen LogP contribution in [0.3, 0.4) is 0 Å². The van der Waals surface area contributed by atoms with Crippen LogP contribution in [0.5, 0.6) is 5.75 Å². The van der Waals surface area contributed by atoms with Crippen molar-refractivity contribution in [2.75, 3.05) is 0 Å². The first-order valence-corrected chi connectivity index (χ1v) is 6.84. The Kier molecular flexibility index (Phi) is 3.83. The summed E-state index contributed by atoms with van der Waals surface area (Å²) in [6.07, 6.45) is 6.26. The van der Waals surface area contributed by atoms with Crippen molar-refractivity contribution in [1.82, 2.24) is 9.97 Å². The Balaban J connectivity index is 1.91. The Bertz CT molecular complexity index is 806. The number of rotatable bonds is 4. The van der Waals surface area contributed by atoms with E-state index in [0.717, 1.165) is 11.1 Å². The van der Waals surface area contributed by atoms with Gasteiger partial charge in [0.15, 0.2) is 5.78 Å². The van der Waals surface area contributed by atoms with Crippen LogP contribution in [0.2, 0.25) is 0 Å². The fraction of sp³-hybridized carbons (Fsp3) is 0. The third-order valence-electron chi connectivity index (χ3n) is 3.28. The predicted octanol–water partition coefficient (Wildman–Crippen LogP) is 3.68. The number of benzene rings is 2. The van der Waals surface area contributed by atoms with Crippen molar-refractivity contribution < 1.29 is 9.90 Å². The monoisotopic (exact) mass is 290 g/mol. The molecule has 0 aliphatic rings. The molecule has 4 heteroatoms. The molecule has 3 rings (SSSR count). The smallest absolute Gasteiger partial charge is 0.189 e. The Labute approximate surface area is 127 Å². The van der Waals surface area contributed by atoms with E-state index in [2.05, 4.69) is 9.97 Å². The van der Waals surface area contributed by atoms with Crippen LogP contribution in [0.15, 0.2) is 67.0 Å². The summed E-state index contributed by atoms with van der Waals surface area (Å²) in [6.45, 7) is 0. The van der Waals surface area contributed by atoms with E-state index in [1.165, 1.54) is 12.1 Å². The summed E-state index contributed by atoms with van der Waals surface area (Å²) < 4.78 is 0. The van der Waals surface area contributed by atoms with Gasteiger partial charge in [-0.2, -0.15) is 0 Å². The first kappa shape index (κ1) is 13.8. The van der Waals surface area contributed by atoms with Gasteiger partial charge in [0.25, 0.3) is 0 Å². The van der Waals surface area contributed by atoms with Crippen LogP contribution >= 0.6 is 0 Å². The fourth-order valence-corrected chi connectivity index (χ4v) is 2.16. The van der Waals surface area contributed by atoms with Crippen LogP contribution in [-0.2, 0) is 0 Å². The molecule has 1 aromatic heterocycles. The maximum absolute atomic E-state index is 12.3. The topological polar surface area (TPSA) is 66.0 Å². The van der Waals surface area contributed by atoms with Crippen LogP contribution in [0.1, 0.15) is 16.2 Å². The largest absolute Gasteiger partial charge is 0.507 e. The third-order valence-corrected chi connectivity index (χ3v) is 3.28. The van der Waals surface area contributed by atoms with Crippen LogP contribution in [0.4, 0.5) is 0 Å². The van der Waals surface area contributed by atoms with Gasteiger partial charge in [-0.05, 0) is 35.4 Å². The minimum atomic E-state index is -0.272. The standard InChI is InChI=1S/C18H14N2O2/c21-16-7-6-14(13-4-2-1-3-5-13)12-15(16)17(22)8-9-18-19-10-11-20-18/h1-12,21H,(H,19,20). The third kappa shape index (κ3) is 2.96. The summed E-state index contributed by atoms with van der Waals surface area (Å²) in [5.74, 6) is 0.285. The van der Waals surface area contributed by atoms with Gasteiger partial charge >= 0.3 is 0 Å². The van der Waals surface area contributed by atoms with Crippen molar-refractivity contribution in [1.29, 1.82) is 0 Å². The summed E-state index contributed by atoms with van der Waals surface area (Å²) >= 11 is 0. The van der Waals surface area contributed by atoms with E-state index in [4.69, 9.17) is 0 Å². The number of phenols is 1. The molecule has 0 unspecified atom stereocenters. The lowest BCUT2D eigenvalue weighted by Gasteiger charge is -2.05. The highest BCUT2D eigenvalue weighted by Crippen LogP contribution is 2.26. The fourth-order valence-electron chi connectivity index (χ4n) is 2.16. The minimum absolute atomic E-state index is 0.0335. The summed E-state index contributed by atoms with van der Waals surface area (Å²) in [7, 11) is 0. The number of aromatic amines is 1. The van der Waals surface area contributed by atoms with E-state index >= 15 is 0 Å². The number of nitrogens with one attached hydrogen (secondary N) is 1.